The second-order valence-corrected chi connectivity index (χ2v) is 6.46. The summed E-state index contributed by atoms with van der Waals surface area (Å²) in [5.74, 6) is 2.41. The largest absolute Gasteiger partial charge is 0.437 e. The molecule has 0 N–H and O–H groups in total. The highest BCUT2D eigenvalue weighted by atomic mass is 16.5. The number of hydrogen-bond acceptors (Lipinski definition) is 5. The molecule has 1 fully saturated rings. The first-order valence-electron chi connectivity index (χ1n) is 9.12. The molecule has 3 heterocycles. The number of aryl methyl sites for hydroxylation is 1. The fourth-order valence-electron chi connectivity index (χ4n) is 3.49. The molecular formula is C20H23N5O. The van der Waals surface area contributed by atoms with Crippen molar-refractivity contribution in [2.75, 3.05) is 6.54 Å². The van der Waals surface area contributed by atoms with E-state index < -0.39 is 0 Å². The highest BCUT2D eigenvalue weighted by molar-refractivity contribution is 5.26. The molecule has 26 heavy (non-hydrogen) atoms. The number of ether oxygens (including phenoxy) is 1. The summed E-state index contributed by atoms with van der Waals surface area (Å²) >= 11 is 0. The van der Waals surface area contributed by atoms with Crippen molar-refractivity contribution in [3.8, 4) is 11.6 Å². The minimum absolute atomic E-state index is 0.254. The smallest absolute Gasteiger partial charge is 0.238 e. The van der Waals surface area contributed by atoms with Crippen LogP contribution in [0.2, 0.25) is 0 Å². The van der Waals surface area contributed by atoms with Crippen LogP contribution >= 0.6 is 0 Å². The zero-order chi connectivity index (χ0) is 17.8. The van der Waals surface area contributed by atoms with Gasteiger partial charge in [0.05, 0.1) is 30.7 Å². The van der Waals surface area contributed by atoms with Crippen LogP contribution in [0.3, 0.4) is 0 Å². The lowest BCUT2D eigenvalue weighted by Crippen LogP contribution is -2.25. The zero-order valence-corrected chi connectivity index (χ0v) is 15.0. The zero-order valence-electron chi connectivity index (χ0n) is 15.0. The SMILES string of the molecule is CCn1ccnc1CN1CCC[C@H]1c1cncc(Oc2ccccc2)n1. The Morgan fingerprint density at radius 1 is 1.19 bits per heavy atom. The van der Waals surface area contributed by atoms with E-state index in [1.165, 1.54) is 0 Å². The fraction of sp³-hybridized carbons (Fsp3) is 0.350. The molecule has 1 aliphatic rings. The lowest BCUT2D eigenvalue weighted by atomic mass is 10.1. The van der Waals surface area contributed by atoms with Crippen LogP contribution in [0.5, 0.6) is 11.6 Å². The number of aromatic nitrogens is 4. The van der Waals surface area contributed by atoms with Gasteiger partial charge in [-0.05, 0) is 38.4 Å². The van der Waals surface area contributed by atoms with E-state index in [0.29, 0.717) is 5.88 Å². The van der Waals surface area contributed by atoms with E-state index in [1.54, 1.807) is 6.20 Å². The van der Waals surface area contributed by atoms with Gasteiger partial charge in [-0.2, -0.15) is 0 Å². The monoisotopic (exact) mass is 349 g/mol. The molecule has 6 nitrogen and oxygen atoms in total. The third-order valence-corrected chi connectivity index (χ3v) is 4.79. The topological polar surface area (TPSA) is 56.1 Å². The first kappa shape index (κ1) is 16.7. The molecule has 1 aliphatic heterocycles. The van der Waals surface area contributed by atoms with Crippen LogP contribution in [0.25, 0.3) is 0 Å². The van der Waals surface area contributed by atoms with Gasteiger partial charge in [-0.25, -0.2) is 9.97 Å². The molecule has 0 saturated carbocycles. The van der Waals surface area contributed by atoms with Crippen LogP contribution in [-0.2, 0) is 13.1 Å². The molecule has 1 atom stereocenters. The van der Waals surface area contributed by atoms with Crippen LogP contribution in [0.15, 0.2) is 55.1 Å². The Hall–Kier alpha value is -2.73. The Bertz CT molecular complexity index is 848. The standard InChI is InChI=1S/C20H23N5O/c1-2-24-12-10-22-19(24)15-25-11-6-9-18(25)17-13-21-14-20(23-17)26-16-7-4-3-5-8-16/h3-5,7-8,10,12-14,18H,2,6,9,11,15H2,1H3/t18-/m0/s1. The van der Waals surface area contributed by atoms with Crippen LogP contribution in [0.1, 0.15) is 37.3 Å². The Labute approximate surface area is 153 Å². The van der Waals surface area contributed by atoms with Crippen molar-refractivity contribution in [2.24, 2.45) is 0 Å². The van der Waals surface area contributed by atoms with E-state index in [0.717, 1.165) is 49.7 Å². The summed E-state index contributed by atoms with van der Waals surface area (Å²) in [6.45, 7) is 4.96. The lowest BCUT2D eigenvalue weighted by molar-refractivity contribution is 0.233. The van der Waals surface area contributed by atoms with Crippen LogP contribution in [0, 0.1) is 0 Å². The summed E-state index contributed by atoms with van der Waals surface area (Å²) in [4.78, 5) is 16.0. The molecule has 1 aromatic carbocycles. The summed E-state index contributed by atoms with van der Waals surface area (Å²) < 4.78 is 8.04. The maximum absolute atomic E-state index is 5.85. The number of imidazole rings is 1. The minimum Gasteiger partial charge on any atom is -0.437 e. The molecule has 0 aliphatic carbocycles. The number of hydrogen-bond donors (Lipinski definition) is 0. The van der Waals surface area contributed by atoms with Crippen LogP contribution in [0.4, 0.5) is 0 Å². The predicted octanol–water partition coefficient (Wildman–Crippen LogP) is 3.82. The molecule has 0 spiro atoms. The summed E-state index contributed by atoms with van der Waals surface area (Å²) in [5, 5.41) is 0. The molecule has 0 amide bonds. The van der Waals surface area contributed by atoms with Gasteiger partial charge in [-0.15, -0.1) is 0 Å². The average Bonchev–Trinajstić information content (AvgIpc) is 3.32. The van der Waals surface area contributed by atoms with E-state index in [9.17, 15) is 0 Å². The van der Waals surface area contributed by atoms with Gasteiger partial charge in [-0.1, -0.05) is 18.2 Å². The molecule has 6 heteroatoms. The molecular weight excluding hydrogens is 326 g/mol. The number of likely N-dealkylation sites (tertiary alicyclic amines) is 1. The van der Waals surface area contributed by atoms with Gasteiger partial charge in [0.25, 0.3) is 0 Å². The van der Waals surface area contributed by atoms with E-state index in [2.05, 4.69) is 26.4 Å². The fourth-order valence-corrected chi connectivity index (χ4v) is 3.49. The van der Waals surface area contributed by atoms with Gasteiger partial charge in [0.15, 0.2) is 0 Å². The second-order valence-electron chi connectivity index (χ2n) is 6.46. The van der Waals surface area contributed by atoms with Crippen molar-refractivity contribution in [3.63, 3.8) is 0 Å². The molecule has 2 aromatic heterocycles. The number of benzene rings is 1. The summed E-state index contributed by atoms with van der Waals surface area (Å²) in [6, 6.07) is 9.94. The molecule has 0 radical (unpaired) electrons. The third-order valence-electron chi connectivity index (χ3n) is 4.79. The van der Waals surface area contributed by atoms with Crippen LogP contribution in [-0.4, -0.2) is 31.0 Å². The number of nitrogens with zero attached hydrogens (tertiary/aromatic N) is 5. The number of para-hydroxylation sites is 1. The van der Waals surface area contributed by atoms with Gasteiger partial charge in [0.2, 0.25) is 5.88 Å². The Morgan fingerprint density at radius 3 is 2.92 bits per heavy atom. The van der Waals surface area contributed by atoms with E-state index >= 15 is 0 Å². The normalized spacial score (nSPS) is 17.5. The molecule has 0 bridgehead atoms. The Balaban J connectivity index is 1.51. The van der Waals surface area contributed by atoms with Crippen molar-refractivity contribution < 1.29 is 4.74 Å². The third kappa shape index (κ3) is 3.60. The summed E-state index contributed by atoms with van der Waals surface area (Å²) in [6.07, 6.45) is 9.67. The maximum atomic E-state index is 5.85. The van der Waals surface area contributed by atoms with Crippen molar-refractivity contribution >= 4 is 0 Å². The van der Waals surface area contributed by atoms with E-state index in [1.807, 2.05) is 48.9 Å². The maximum Gasteiger partial charge on any atom is 0.238 e. The van der Waals surface area contributed by atoms with E-state index in [4.69, 9.17) is 9.72 Å². The van der Waals surface area contributed by atoms with Crippen molar-refractivity contribution in [1.82, 2.24) is 24.4 Å². The van der Waals surface area contributed by atoms with Crippen molar-refractivity contribution in [1.29, 1.82) is 0 Å². The van der Waals surface area contributed by atoms with Gasteiger partial charge in [-0.3, -0.25) is 9.88 Å². The molecule has 1 saturated heterocycles. The minimum atomic E-state index is 0.254. The predicted molar refractivity (Wildman–Crippen MR) is 98.8 cm³/mol. The van der Waals surface area contributed by atoms with Crippen LogP contribution < -0.4 is 4.74 Å². The van der Waals surface area contributed by atoms with Gasteiger partial charge >= 0.3 is 0 Å². The molecule has 134 valence electrons. The first-order valence-corrected chi connectivity index (χ1v) is 9.12. The highest BCUT2D eigenvalue weighted by Gasteiger charge is 2.28. The molecule has 4 rings (SSSR count). The van der Waals surface area contributed by atoms with Crippen molar-refractivity contribution in [2.45, 2.75) is 38.9 Å². The molecule has 0 unspecified atom stereocenters. The van der Waals surface area contributed by atoms with Gasteiger partial charge < -0.3 is 9.30 Å². The van der Waals surface area contributed by atoms with Crippen molar-refractivity contribution in [3.05, 3.63) is 66.6 Å². The van der Waals surface area contributed by atoms with Gasteiger partial charge in [0, 0.05) is 18.9 Å². The molecule has 3 aromatic rings. The average molecular weight is 349 g/mol. The Morgan fingerprint density at radius 2 is 2.08 bits per heavy atom. The second kappa shape index (κ2) is 7.66. The van der Waals surface area contributed by atoms with E-state index in [-0.39, 0.29) is 6.04 Å². The number of rotatable bonds is 6. The first-order chi connectivity index (χ1) is 12.8. The summed E-state index contributed by atoms with van der Waals surface area (Å²) in [5.41, 5.74) is 0.963. The Kier molecular flexibility index (Phi) is 4.93. The quantitative estimate of drug-likeness (QED) is 0.677. The van der Waals surface area contributed by atoms with Gasteiger partial charge in [0.1, 0.15) is 11.6 Å². The highest BCUT2D eigenvalue weighted by Crippen LogP contribution is 2.32. The summed E-state index contributed by atoms with van der Waals surface area (Å²) in [7, 11) is 0. The lowest BCUT2D eigenvalue weighted by Gasteiger charge is -2.24.